The summed E-state index contributed by atoms with van der Waals surface area (Å²) in [7, 11) is 0. The van der Waals surface area contributed by atoms with Gasteiger partial charge in [0.15, 0.2) is 0 Å². The van der Waals surface area contributed by atoms with Gasteiger partial charge in [0.2, 0.25) is 5.24 Å². The summed E-state index contributed by atoms with van der Waals surface area (Å²) >= 11 is 5.73. The van der Waals surface area contributed by atoms with E-state index in [1.807, 2.05) is 30.3 Å². The number of halogens is 1. The van der Waals surface area contributed by atoms with Crippen LogP contribution in [0.25, 0.3) is 0 Å². The van der Waals surface area contributed by atoms with Crippen LogP contribution >= 0.6 is 11.6 Å². The highest BCUT2D eigenvalue weighted by Crippen LogP contribution is 2.31. The van der Waals surface area contributed by atoms with Gasteiger partial charge in [-0.3, -0.25) is 4.79 Å². The molecule has 2 aromatic carbocycles. The highest BCUT2D eigenvalue weighted by molar-refractivity contribution is 6.64. The highest BCUT2D eigenvalue weighted by atomic mass is 35.5. The Morgan fingerprint density at radius 1 is 1.10 bits per heavy atom. The van der Waals surface area contributed by atoms with Gasteiger partial charge in [-0.25, -0.2) is 0 Å². The third kappa shape index (κ3) is 2.70. The number of carbonyl (C=O) groups is 1. The topological polar surface area (TPSA) is 20.3 Å². The fourth-order valence-electron chi connectivity index (χ4n) is 2.79. The first kappa shape index (κ1) is 13.2. The monoisotopic (exact) mass is 285 g/mol. The third-order valence-electron chi connectivity index (χ3n) is 3.78. The molecule has 0 N–H and O–H groups in total. The van der Waals surface area contributed by atoms with Crippen molar-refractivity contribution in [2.75, 3.05) is 11.4 Å². The van der Waals surface area contributed by atoms with Gasteiger partial charge in [0.1, 0.15) is 0 Å². The minimum Gasteiger partial charge on any atom is -0.366 e. The molecule has 1 heterocycles. The number of para-hydroxylation sites is 1. The standard InChI is InChI=1S/C17H16ClNO/c18-17(20)15-10-14-8-4-5-9-16(14)19(12-15)11-13-6-2-1-3-7-13/h1-9,15H,10-12H2. The van der Waals surface area contributed by atoms with Crippen molar-refractivity contribution in [2.24, 2.45) is 5.92 Å². The Balaban J connectivity index is 1.91. The quantitative estimate of drug-likeness (QED) is 0.803. The maximum atomic E-state index is 11.5. The van der Waals surface area contributed by atoms with Gasteiger partial charge >= 0.3 is 0 Å². The zero-order valence-corrected chi connectivity index (χ0v) is 11.9. The van der Waals surface area contributed by atoms with Crippen molar-refractivity contribution in [3.8, 4) is 0 Å². The van der Waals surface area contributed by atoms with Crippen LogP contribution in [-0.4, -0.2) is 11.8 Å². The van der Waals surface area contributed by atoms with E-state index < -0.39 is 0 Å². The van der Waals surface area contributed by atoms with E-state index in [4.69, 9.17) is 11.6 Å². The molecule has 0 saturated carbocycles. The summed E-state index contributed by atoms with van der Waals surface area (Å²) in [6, 6.07) is 18.6. The maximum Gasteiger partial charge on any atom is 0.226 e. The van der Waals surface area contributed by atoms with E-state index in [1.54, 1.807) is 0 Å². The molecular formula is C17H16ClNO. The summed E-state index contributed by atoms with van der Waals surface area (Å²) in [5.74, 6) is -0.115. The Labute approximate surface area is 124 Å². The van der Waals surface area contributed by atoms with Crippen LogP contribution in [0, 0.1) is 5.92 Å². The van der Waals surface area contributed by atoms with Gasteiger partial charge in [0.05, 0.1) is 5.92 Å². The van der Waals surface area contributed by atoms with E-state index in [9.17, 15) is 4.79 Å². The molecule has 0 spiro atoms. The second-order valence-corrected chi connectivity index (χ2v) is 5.57. The molecule has 0 fully saturated rings. The van der Waals surface area contributed by atoms with E-state index in [0.29, 0.717) is 6.54 Å². The molecule has 20 heavy (non-hydrogen) atoms. The van der Waals surface area contributed by atoms with Crippen molar-refractivity contribution in [1.82, 2.24) is 0 Å². The molecule has 0 aromatic heterocycles. The first-order valence-electron chi connectivity index (χ1n) is 6.80. The van der Waals surface area contributed by atoms with Gasteiger partial charge in [0.25, 0.3) is 0 Å². The Hall–Kier alpha value is -1.80. The summed E-state index contributed by atoms with van der Waals surface area (Å²) < 4.78 is 0. The van der Waals surface area contributed by atoms with Crippen LogP contribution in [-0.2, 0) is 17.8 Å². The molecule has 0 aliphatic carbocycles. The zero-order chi connectivity index (χ0) is 13.9. The summed E-state index contributed by atoms with van der Waals surface area (Å²) in [6.07, 6.45) is 0.740. The average molecular weight is 286 g/mol. The number of hydrogen-bond donors (Lipinski definition) is 0. The minimum absolute atomic E-state index is 0.115. The third-order valence-corrected chi connectivity index (χ3v) is 4.09. The molecule has 1 aliphatic heterocycles. The predicted molar refractivity (Wildman–Crippen MR) is 82.0 cm³/mol. The van der Waals surface area contributed by atoms with E-state index in [2.05, 4.69) is 29.2 Å². The van der Waals surface area contributed by atoms with Crippen LogP contribution in [0.3, 0.4) is 0 Å². The number of rotatable bonds is 3. The lowest BCUT2D eigenvalue weighted by Crippen LogP contribution is -2.37. The number of nitrogens with zero attached hydrogens (tertiary/aromatic N) is 1. The van der Waals surface area contributed by atoms with Gasteiger partial charge in [-0.05, 0) is 35.2 Å². The normalized spacial score (nSPS) is 17.6. The molecule has 1 aliphatic rings. The van der Waals surface area contributed by atoms with Gasteiger partial charge < -0.3 is 4.90 Å². The van der Waals surface area contributed by atoms with Crippen LogP contribution in [0.5, 0.6) is 0 Å². The zero-order valence-electron chi connectivity index (χ0n) is 11.1. The lowest BCUT2D eigenvalue weighted by Gasteiger charge is -2.34. The molecule has 0 radical (unpaired) electrons. The minimum atomic E-state index is -0.238. The second-order valence-electron chi connectivity index (χ2n) is 5.20. The molecule has 2 aromatic rings. The van der Waals surface area contributed by atoms with Crippen molar-refractivity contribution < 1.29 is 4.79 Å². The predicted octanol–water partition coefficient (Wildman–Crippen LogP) is 3.63. The molecule has 0 saturated heterocycles. The fourth-order valence-corrected chi connectivity index (χ4v) is 2.94. The number of anilines is 1. The highest BCUT2D eigenvalue weighted by Gasteiger charge is 2.27. The Morgan fingerprint density at radius 2 is 1.80 bits per heavy atom. The molecular weight excluding hydrogens is 270 g/mol. The SMILES string of the molecule is O=C(Cl)C1Cc2ccccc2N(Cc2ccccc2)C1. The van der Waals surface area contributed by atoms with E-state index in [-0.39, 0.29) is 11.2 Å². The molecule has 1 unspecified atom stereocenters. The van der Waals surface area contributed by atoms with Crippen molar-refractivity contribution in [2.45, 2.75) is 13.0 Å². The molecule has 2 nitrogen and oxygen atoms in total. The summed E-state index contributed by atoms with van der Waals surface area (Å²) in [6.45, 7) is 1.49. The molecule has 3 heteroatoms. The Bertz CT molecular complexity index is 611. The Kier molecular flexibility index (Phi) is 3.75. The fraction of sp³-hybridized carbons (Fsp3) is 0.235. The van der Waals surface area contributed by atoms with Crippen LogP contribution < -0.4 is 4.90 Å². The lowest BCUT2D eigenvalue weighted by molar-refractivity contribution is -0.114. The molecule has 3 rings (SSSR count). The van der Waals surface area contributed by atoms with Gasteiger partial charge in [-0.1, -0.05) is 48.5 Å². The summed E-state index contributed by atoms with van der Waals surface area (Å²) in [5.41, 5.74) is 3.66. The van der Waals surface area contributed by atoms with Crippen LogP contribution in [0.4, 0.5) is 5.69 Å². The number of benzene rings is 2. The summed E-state index contributed by atoms with van der Waals surface area (Å²) in [4.78, 5) is 13.8. The van der Waals surface area contributed by atoms with Crippen molar-refractivity contribution >= 4 is 22.5 Å². The lowest BCUT2D eigenvalue weighted by atomic mass is 9.93. The largest absolute Gasteiger partial charge is 0.366 e. The molecule has 0 bridgehead atoms. The van der Waals surface area contributed by atoms with Crippen molar-refractivity contribution in [3.05, 3.63) is 65.7 Å². The molecule has 1 atom stereocenters. The first-order chi connectivity index (χ1) is 9.74. The summed E-state index contributed by atoms with van der Waals surface area (Å²) in [5, 5.41) is -0.238. The number of carbonyl (C=O) groups excluding carboxylic acids is 1. The second kappa shape index (κ2) is 5.68. The van der Waals surface area contributed by atoms with E-state index in [1.165, 1.54) is 16.8 Å². The van der Waals surface area contributed by atoms with Crippen molar-refractivity contribution in [1.29, 1.82) is 0 Å². The first-order valence-corrected chi connectivity index (χ1v) is 7.18. The molecule has 0 amide bonds. The van der Waals surface area contributed by atoms with Gasteiger partial charge in [-0.15, -0.1) is 0 Å². The average Bonchev–Trinajstić information content (AvgIpc) is 2.48. The van der Waals surface area contributed by atoms with Gasteiger partial charge in [-0.2, -0.15) is 0 Å². The van der Waals surface area contributed by atoms with Gasteiger partial charge in [0, 0.05) is 18.8 Å². The van der Waals surface area contributed by atoms with Crippen LogP contribution in [0.15, 0.2) is 54.6 Å². The number of fused-ring (bicyclic) bond motifs is 1. The Morgan fingerprint density at radius 3 is 2.55 bits per heavy atom. The van der Waals surface area contributed by atoms with E-state index in [0.717, 1.165) is 13.0 Å². The van der Waals surface area contributed by atoms with Crippen molar-refractivity contribution in [3.63, 3.8) is 0 Å². The maximum absolute atomic E-state index is 11.5. The van der Waals surface area contributed by atoms with Crippen LogP contribution in [0.2, 0.25) is 0 Å². The van der Waals surface area contributed by atoms with Crippen LogP contribution in [0.1, 0.15) is 11.1 Å². The smallest absolute Gasteiger partial charge is 0.226 e. The number of hydrogen-bond acceptors (Lipinski definition) is 2. The van der Waals surface area contributed by atoms with E-state index >= 15 is 0 Å². The molecule has 102 valence electrons.